The molecule has 0 radical (unpaired) electrons. The van der Waals surface area contributed by atoms with Crippen LogP contribution < -0.4 is 9.47 Å². The molecule has 6 heteroatoms. The van der Waals surface area contributed by atoms with E-state index in [1.54, 1.807) is 18.2 Å². The minimum Gasteiger partial charge on any atom is -0.437 e. The van der Waals surface area contributed by atoms with E-state index < -0.39 is 12.1 Å². The molecule has 0 heterocycles. The second-order valence-corrected chi connectivity index (χ2v) is 7.99. The van der Waals surface area contributed by atoms with Gasteiger partial charge in [0.05, 0.1) is 7.11 Å². The van der Waals surface area contributed by atoms with Crippen molar-refractivity contribution < 1.29 is 23.8 Å². The van der Waals surface area contributed by atoms with Crippen LogP contribution in [0.5, 0.6) is 11.5 Å². The van der Waals surface area contributed by atoms with E-state index in [1.165, 1.54) is 18.3 Å². The van der Waals surface area contributed by atoms with Crippen molar-refractivity contribution in [2.45, 2.75) is 39.5 Å². The van der Waals surface area contributed by atoms with Gasteiger partial charge in [0, 0.05) is 33.0 Å². The van der Waals surface area contributed by atoms with Gasteiger partial charge in [0.2, 0.25) is 0 Å². The maximum atomic E-state index is 12.1. The van der Waals surface area contributed by atoms with Gasteiger partial charge in [-0.25, -0.2) is 9.59 Å². The van der Waals surface area contributed by atoms with Crippen LogP contribution in [-0.4, -0.2) is 19.2 Å². The summed E-state index contributed by atoms with van der Waals surface area (Å²) in [6.45, 7) is 7.65. The third-order valence-corrected chi connectivity index (χ3v) is 5.36. The fraction of sp³-hybridized carbons (Fsp3) is 0.280. The minimum atomic E-state index is -0.822. The van der Waals surface area contributed by atoms with E-state index in [0.29, 0.717) is 40.1 Å². The van der Waals surface area contributed by atoms with Crippen LogP contribution in [0.4, 0.5) is 4.79 Å². The fourth-order valence-electron chi connectivity index (χ4n) is 3.69. The lowest BCUT2D eigenvalue weighted by Gasteiger charge is -2.24. The molecule has 162 valence electrons. The van der Waals surface area contributed by atoms with Crippen molar-refractivity contribution in [2.75, 3.05) is 7.11 Å². The zero-order valence-electron chi connectivity index (χ0n) is 17.9. The Morgan fingerprint density at radius 3 is 2.55 bits per heavy atom. The molecule has 31 heavy (non-hydrogen) atoms. The summed E-state index contributed by atoms with van der Waals surface area (Å²) in [5.74, 6) is 0.259. The number of esters is 1. The Morgan fingerprint density at radius 2 is 1.87 bits per heavy atom. The SMILES string of the molecule is C=CC(=O)Oc1c2c(c(OC(=O)OC)c3cc(Cl)ccc13)CC=C(CCC=C(C)C)C2. The van der Waals surface area contributed by atoms with E-state index in [4.69, 9.17) is 25.8 Å². The zero-order valence-corrected chi connectivity index (χ0v) is 18.7. The van der Waals surface area contributed by atoms with Crippen LogP contribution in [0.25, 0.3) is 10.8 Å². The Bertz CT molecular complexity index is 1110. The number of fused-ring (bicyclic) bond motifs is 2. The molecule has 0 atom stereocenters. The third kappa shape index (κ3) is 5.17. The second kappa shape index (κ2) is 9.84. The number of benzene rings is 2. The van der Waals surface area contributed by atoms with Gasteiger partial charge in [0.25, 0.3) is 0 Å². The van der Waals surface area contributed by atoms with Gasteiger partial charge in [-0.3, -0.25) is 0 Å². The summed E-state index contributed by atoms with van der Waals surface area (Å²) < 4.78 is 15.9. The zero-order chi connectivity index (χ0) is 22.5. The van der Waals surface area contributed by atoms with Gasteiger partial charge in [-0.1, -0.05) is 41.5 Å². The Balaban J connectivity index is 2.18. The van der Waals surface area contributed by atoms with Crippen molar-refractivity contribution in [3.8, 4) is 11.5 Å². The van der Waals surface area contributed by atoms with Crippen LogP contribution in [0.15, 0.2) is 54.2 Å². The van der Waals surface area contributed by atoms with Crippen LogP contribution in [-0.2, 0) is 22.4 Å². The highest BCUT2D eigenvalue weighted by Gasteiger charge is 2.27. The molecule has 0 spiro atoms. The van der Waals surface area contributed by atoms with Gasteiger partial charge < -0.3 is 14.2 Å². The first-order chi connectivity index (χ1) is 14.8. The number of carbonyl (C=O) groups excluding carboxylic acids is 2. The third-order valence-electron chi connectivity index (χ3n) is 5.12. The highest BCUT2D eigenvalue weighted by atomic mass is 35.5. The van der Waals surface area contributed by atoms with E-state index >= 15 is 0 Å². The molecule has 0 aliphatic heterocycles. The largest absolute Gasteiger partial charge is 0.513 e. The first-order valence-corrected chi connectivity index (χ1v) is 10.4. The standard InChI is InChI=1S/C25H25ClO5/c1-5-22(27)30-23-19-12-10-17(26)14-21(19)24(31-25(28)29-4)18-11-9-16(13-20(18)23)8-6-7-15(2)3/h5,7,9-10,12,14H,1,6,8,11,13H2,2-4H3. The van der Waals surface area contributed by atoms with Crippen LogP contribution in [0.1, 0.15) is 37.8 Å². The van der Waals surface area contributed by atoms with E-state index in [2.05, 4.69) is 32.6 Å². The molecule has 0 saturated heterocycles. The number of allylic oxidation sites excluding steroid dienone is 4. The lowest BCUT2D eigenvalue weighted by molar-refractivity contribution is -0.128. The minimum absolute atomic E-state index is 0.373. The Morgan fingerprint density at radius 1 is 1.13 bits per heavy atom. The summed E-state index contributed by atoms with van der Waals surface area (Å²) in [5, 5.41) is 1.67. The van der Waals surface area contributed by atoms with Crippen molar-refractivity contribution >= 4 is 34.5 Å². The predicted octanol–water partition coefficient (Wildman–Crippen LogP) is 6.50. The molecule has 2 aromatic rings. The Kier molecular flexibility index (Phi) is 7.18. The highest BCUT2D eigenvalue weighted by Crippen LogP contribution is 2.45. The first kappa shape index (κ1) is 22.6. The van der Waals surface area contributed by atoms with E-state index in [1.807, 2.05) is 0 Å². The van der Waals surface area contributed by atoms with Crippen molar-refractivity contribution in [1.82, 2.24) is 0 Å². The molecular weight excluding hydrogens is 416 g/mol. The summed E-state index contributed by atoms with van der Waals surface area (Å²) in [6.07, 6.45) is 7.59. The van der Waals surface area contributed by atoms with E-state index in [-0.39, 0.29) is 0 Å². The van der Waals surface area contributed by atoms with E-state index in [0.717, 1.165) is 30.0 Å². The van der Waals surface area contributed by atoms with Gasteiger partial charge in [0.15, 0.2) is 0 Å². The monoisotopic (exact) mass is 440 g/mol. The lowest BCUT2D eigenvalue weighted by atomic mass is 9.85. The number of methoxy groups -OCH3 is 1. The van der Waals surface area contributed by atoms with Crippen LogP contribution in [0, 0.1) is 0 Å². The molecule has 0 unspecified atom stereocenters. The Hall–Kier alpha value is -3.05. The maximum absolute atomic E-state index is 12.1. The van der Waals surface area contributed by atoms with Crippen molar-refractivity contribution in [2.24, 2.45) is 0 Å². The van der Waals surface area contributed by atoms with Crippen molar-refractivity contribution in [3.63, 3.8) is 0 Å². The molecule has 2 aromatic carbocycles. The van der Waals surface area contributed by atoms with Gasteiger partial charge in [-0.15, -0.1) is 0 Å². The first-order valence-electron chi connectivity index (χ1n) is 10.0. The summed E-state index contributed by atoms with van der Waals surface area (Å²) in [7, 11) is 1.26. The van der Waals surface area contributed by atoms with Gasteiger partial charge in [-0.05, 0) is 57.7 Å². The fourth-order valence-corrected chi connectivity index (χ4v) is 3.86. The highest BCUT2D eigenvalue weighted by molar-refractivity contribution is 6.31. The van der Waals surface area contributed by atoms with Gasteiger partial charge >= 0.3 is 12.1 Å². The maximum Gasteiger partial charge on any atom is 0.513 e. The summed E-state index contributed by atoms with van der Waals surface area (Å²) in [4.78, 5) is 24.1. The van der Waals surface area contributed by atoms with Crippen LogP contribution in [0.2, 0.25) is 5.02 Å². The summed E-state index contributed by atoms with van der Waals surface area (Å²) in [5.41, 5.74) is 4.10. The Labute approximate surface area is 186 Å². The lowest BCUT2D eigenvalue weighted by Crippen LogP contribution is -2.15. The van der Waals surface area contributed by atoms with Gasteiger partial charge in [-0.2, -0.15) is 0 Å². The summed E-state index contributed by atoms with van der Waals surface area (Å²) >= 11 is 6.22. The quantitative estimate of drug-likeness (QED) is 0.168. The van der Waals surface area contributed by atoms with Crippen molar-refractivity contribution in [3.05, 3.63) is 70.3 Å². The number of rotatable bonds is 6. The number of ether oxygens (including phenoxy) is 3. The summed E-state index contributed by atoms with van der Waals surface area (Å²) in [6, 6.07) is 5.15. The van der Waals surface area contributed by atoms with Crippen molar-refractivity contribution in [1.29, 1.82) is 0 Å². The number of halogens is 1. The smallest absolute Gasteiger partial charge is 0.437 e. The molecule has 0 amide bonds. The molecule has 5 nitrogen and oxygen atoms in total. The average Bonchev–Trinajstić information content (AvgIpc) is 2.75. The number of hydrogen-bond acceptors (Lipinski definition) is 5. The molecule has 0 N–H and O–H groups in total. The molecule has 1 aliphatic carbocycles. The molecule has 0 saturated carbocycles. The predicted molar refractivity (Wildman–Crippen MR) is 122 cm³/mol. The van der Waals surface area contributed by atoms with Crippen LogP contribution >= 0.6 is 11.6 Å². The topological polar surface area (TPSA) is 61.8 Å². The average molecular weight is 441 g/mol. The molecule has 0 aromatic heterocycles. The van der Waals surface area contributed by atoms with Crippen LogP contribution in [0.3, 0.4) is 0 Å². The molecule has 3 rings (SSSR count). The second-order valence-electron chi connectivity index (χ2n) is 7.55. The molecular formula is C25H25ClO5. The molecule has 1 aliphatic rings. The van der Waals surface area contributed by atoms with E-state index in [9.17, 15) is 9.59 Å². The number of hydrogen-bond donors (Lipinski definition) is 0. The molecule has 0 fully saturated rings. The van der Waals surface area contributed by atoms with Gasteiger partial charge in [0.1, 0.15) is 11.5 Å². The molecule has 0 bridgehead atoms. The number of carbonyl (C=O) groups is 2. The normalized spacial score (nSPS) is 12.5.